The second-order valence-electron chi connectivity index (χ2n) is 5.74. The van der Waals surface area contributed by atoms with Crippen molar-refractivity contribution in [2.24, 2.45) is 4.99 Å². The zero-order valence-corrected chi connectivity index (χ0v) is 18.2. The molecule has 2 N–H and O–H groups in total. The molecule has 2 unspecified atom stereocenters. The van der Waals surface area contributed by atoms with Crippen molar-refractivity contribution in [1.29, 1.82) is 0 Å². The lowest BCUT2D eigenvalue weighted by molar-refractivity contribution is -0.140. The number of guanidine groups is 1. The van der Waals surface area contributed by atoms with Crippen molar-refractivity contribution < 1.29 is 13.2 Å². The normalized spacial score (nSPS) is 21.6. The SMILES string of the molecule is CN=C(NCCc1nc(C(F)(F)F)cs1)NC1CCCC(SC)C1.I. The summed E-state index contributed by atoms with van der Waals surface area (Å²) in [5.74, 6) is 0.703. The summed E-state index contributed by atoms with van der Waals surface area (Å²) in [6, 6.07) is 0.402. The number of nitrogens with zero attached hydrogens (tertiary/aromatic N) is 2. The summed E-state index contributed by atoms with van der Waals surface area (Å²) < 4.78 is 37.6. The lowest BCUT2D eigenvalue weighted by Crippen LogP contribution is -2.46. The van der Waals surface area contributed by atoms with Crippen molar-refractivity contribution in [2.75, 3.05) is 19.8 Å². The van der Waals surface area contributed by atoms with Gasteiger partial charge in [-0.05, 0) is 25.5 Å². The highest BCUT2D eigenvalue weighted by atomic mass is 127. The van der Waals surface area contributed by atoms with Crippen LogP contribution in [0.25, 0.3) is 0 Å². The van der Waals surface area contributed by atoms with Crippen LogP contribution in [0.2, 0.25) is 0 Å². The van der Waals surface area contributed by atoms with Crippen LogP contribution < -0.4 is 10.6 Å². The number of aliphatic imine (C=N–C) groups is 1. The molecule has 144 valence electrons. The minimum Gasteiger partial charge on any atom is -0.356 e. The fraction of sp³-hybridized carbons (Fsp3) is 0.733. The van der Waals surface area contributed by atoms with Crippen molar-refractivity contribution in [3.05, 3.63) is 16.1 Å². The van der Waals surface area contributed by atoms with Crippen molar-refractivity contribution in [3.8, 4) is 0 Å². The molecule has 1 heterocycles. The first kappa shape index (κ1) is 22.8. The first-order valence-corrected chi connectivity index (χ1v) is 10.1. The van der Waals surface area contributed by atoms with Crippen LogP contribution >= 0.6 is 47.1 Å². The predicted molar refractivity (Wildman–Crippen MR) is 110 cm³/mol. The third kappa shape index (κ3) is 7.49. The second kappa shape index (κ2) is 10.8. The number of rotatable bonds is 5. The van der Waals surface area contributed by atoms with Gasteiger partial charge >= 0.3 is 6.18 Å². The van der Waals surface area contributed by atoms with E-state index in [-0.39, 0.29) is 24.0 Å². The van der Waals surface area contributed by atoms with Crippen LogP contribution in [0.3, 0.4) is 0 Å². The fourth-order valence-electron chi connectivity index (χ4n) is 2.72. The molecule has 10 heteroatoms. The maximum atomic E-state index is 12.5. The molecule has 1 aliphatic carbocycles. The maximum absolute atomic E-state index is 12.5. The number of hydrogen-bond donors (Lipinski definition) is 2. The summed E-state index contributed by atoms with van der Waals surface area (Å²) in [4.78, 5) is 7.83. The average Bonchev–Trinajstić information content (AvgIpc) is 3.03. The Bertz CT molecular complexity index is 551. The number of hydrogen-bond acceptors (Lipinski definition) is 4. The number of thiazole rings is 1. The lowest BCUT2D eigenvalue weighted by atomic mass is 9.95. The van der Waals surface area contributed by atoms with E-state index in [4.69, 9.17) is 0 Å². The van der Waals surface area contributed by atoms with Crippen LogP contribution in [0.15, 0.2) is 10.4 Å². The van der Waals surface area contributed by atoms with Gasteiger partial charge < -0.3 is 10.6 Å². The summed E-state index contributed by atoms with van der Waals surface area (Å²) in [5.41, 5.74) is -0.810. The zero-order valence-electron chi connectivity index (χ0n) is 14.2. The highest BCUT2D eigenvalue weighted by molar-refractivity contribution is 14.0. The highest BCUT2D eigenvalue weighted by Crippen LogP contribution is 2.30. The zero-order chi connectivity index (χ0) is 17.6. The van der Waals surface area contributed by atoms with Gasteiger partial charge in [-0.3, -0.25) is 4.99 Å². The number of halogens is 4. The van der Waals surface area contributed by atoms with Gasteiger partial charge in [0, 0.05) is 36.7 Å². The third-order valence-corrected chi connectivity index (χ3v) is 6.00. The molecule has 0 radical (unpaired) electrons. The largest absolute Gasteiger partial charge is 0.434 e. The molecule has 1 aromatic heterocycles. The Morgan fingerprint density at radius 2 is 2.20 bits per heavy atom. The van der Waals surface area contributed by atoms with E-state index in [1.54, 1.807) is 7.05 Å². The van der Waals surface area contributed by atoms with Gasteiger partial charge in [0.05, 0.1) is 5.01 Å². The quantitative estimate of drug-likeness (QED) is 0.357. The molecule has 1 saturated carbocycles. The van der Waals surface area contributed by atoms with E-state index in [0.717, 1.165) is 29.6 Å². The van der Waals surface area contributed by atoms with E-state index in [0.29, 0.717) is 35.2 Å². The van der Waals surface area contributed by atoms with Crippen molar-refractivity contribution in [3.63, 3.8) is 0 Å². The van der Waals surface area contributed by atoms with Crippen molar-refractivity contribution in [1.82, 2.24) is 15.6 Å². The minimum absolute atomic E-state index is 0. The molecule has 1 aliphatic rings. The average molecular weight is 508 g/mol. The van der Waals surface area contributed by atoms with Crippen molar-refractivity contribution >= 4 is 53.0 Å². The molecule has 0 aromatic carbocycles. The summed E-state index contributed by atoms with van der Waals surface area (Å²) in [7, 11) is 1.70. The molecule has 0 spiro atoms. The van der Waals surface area contributed by atoms with Crippen LogP contribution in [0.1, 0.15) is 36.4 Å². The van der Waals surface area contributed by atoms with E-state index < -0.39 is 11.9 Å². The van der Waals surface area contributed by atoms with E-state index in [1.807, 2.05) is 11.8 Å². The number of nitrogens with one attached hydrogen (secondary N) is 2. The van der Waals surface area contributed by atoms with Crippen LogP contribution in [0, 0.1) is 0 Å². The molecule has 2 atom stereocenters. The Morgan fingerprint density at radius 1 is 1.44 bits per heavy atom. The molecule has 0 amide bonds. The van der Waals surface area contributed by atoms with Gasteiger partial charge in [-0.25, -0.2) is 4.98 Å². The van der Waals surface area contributed by atoms with E-state index in [9.17, 15) is 13.2 Å². The second-order valence-corrected chi connectivity index (χ2v) is 7.82. The van der Waals surface area contributed by atoms with Gasteiger partial charge in [-0.1, -0.05) is 6.42 Å². The van der Waals surface area contributed by atoms with E-state index >= 15 is 0 Å². The molecule has 0 aliphatic heterocycles. The van der Waals surface area contributed by atoms with Crippen LogP contribution in [-0.2, 0) is 12.6 Å². The van der Waals surface area contributed by atoms with E-state index in [2.05, 4.69) is 26.9 Å². The Kier molecular flexibility index (Phi) is 9.86. The van der Waals surface area contributed by atoms with Crippen LogP contribution in [-0.4, -0.2) is 42.1 Å². The Hall–Kier alpha value is -0.230. The predicted octanol–water partition coefficient (Wildman–Crippen LogP) is 4.16. The lowest BCUT2D eigenvalue weighted by Gasteiger charge is -2.29. The van der Waals surface area contributed by atoms with Gasteiger partial charge in [0.25, 0.3) is 0 Å². The van der Waals surface area contributed by atoms with Gasteiger partial charge in [0.1, 0.15) is 0 Å². The molecule has 1 aromatic rings. The summed E-state index contributed by atoms with van der Waals surface area (Å²) in [6.45, 7) is 0.503. The van der Waals surface area contributed by atoms with Crippen LogP contribution in [0.4, 0.5) is 13.2 Å². The molecular weight excluding hydrogens is 484 g/mol. The monoisotopic (exact) mass is 508 g/mol. The molecule has 25 heavy (non-hydrogen) atoms. The van der Waals surface area contributed by atoms with Crippen molar-refractivity contribution in [2.45, 2.75) is 49.6 Å². The molecule has 0 bridgehead atoms. The Balaban J connectivity index is 0.00000312. The standard InChI is InChI=1S/C15H23F3N4S2.HI/c1-19-14(21-10-4-3-5-11(8-10)23-2)20-7-6-13-22-12(9-24-13)15(16,17)18;/h9-11H,3-8H2,1-2H3,(H2,19,20,21);1H. The molecule has 0 saturated heterocycles. The third-order valence-electron chi connectivity index (χ3n) is 4.00. The summed E-state index contributed by atoms with van der Waals surface area (Å²) in [6.07, 6.45) is 2.93. The first-order valence-electron chi connectivity index (χ1n) is 7.94. The van der Waals surface area contributed by atoms with Gasteiger partial charge in [-0.15, -0.1) is 35.3 Å². The number of thioether (sulfide) groups is 1. The number of aromatic nitrogens is 1. The van der Waals surface area contributed by atoms with Gasteiger partial charge in [0.15, 0.2) is 11.7 Å². The summed E-state index contributed by atoms with van der Waals surface area (Å²) in [5, 5.41) is 8.80. The maximum Gasteiger partial charge on any atom is 0.434 e. The molecule has 2 rings (SSSR count). The Labute approximate surface area is 171 Å². The number of alkyl halides is 3. The molecular formula is C15H24F3IN4S2. The first-order chi connectivity index (χ1) is 11.4. The van der Waals surface area contributed by atoms with E-state index in [1.165, 1.54) is 12.8 Å². The topological polar surface area (TPSA) is 49.3 Å². The highest BCUT2D eigenvalue weighted by Gasteiger charge is 2.33. The Morgan fingerprint density at radius 3 is 2.80 bits per heavy atom. The fourth-order valence-corrected chi connectivity index (χ4v) is 4.35. The molecule has 1 fully saturated rings. The van der Waals surface area contributed by atoms with Crippen LogP contribution in [0.5, 0.6) is 0 Å². The minimum atomic E-state index is -4.37. The summed E-state index contributed by atoms with van der Waals surface area (Å²) >= 11 is 2.94. The smallest absolute Gasteiger partial charge is 0.356 e. The van der Waals surface area contributed by atoms with Gasteiger partial charge in [0.2, 0.25) is 0 Å². The molecule has 4 nitrogen and oxygen atoms in total. The van der Waals surface area contributed by atoms with Gasteiger partial charge in [-0.2, -0.15) is 24.9 Å².